The fourth-order valence-corrected chi connectivity index (χ4v) is 4.41. The summed E-state index contributed by atoms with van der Waals surface area (Å²) in [6.07, 6.45) is 3.02. The summed E-state index contributed by atoms with van der Waals surface area (Å²) in [7, 11) is 0. The molecule has 0 saturated carbocycles. The molecule has 4 rings (SSSR count). The molecule has 1 amide bonds. The number of amides is 1. The van der Waals surface area contributed by atoms with Gasteiger partial charge in [-0.15, -0.1) is 0 Å². The van der Waals surface area contributed by atoms with Gasteiger partial charge in [0.15, 0.2) is 0 Å². The molecule has 4 nitrogen and oxygen atoms in total. The van der Waals surface area contributed by atoms with Gasteiger partial charge in [0.05, 0.1) is 18.3 Å². The van der Waals surface area contributed by atoms with Crippen LogP contribution in [-0.4, -0.2) is 41.2 Å². The van der Waals surface area contributed by atoms with E-state index in [2.05, 4.69) is 36.9 Å². The topological polar surface area (TPSA) is 35.9 Å². The lowest BCUT2D eigenvalue weighted by Gasteiger charge is -2.25. The van der Waals surface area contributed by atoms with Crippen LogP contribution in [0, 0.1) is 13.8 Å². The minimum atomic E-state index is -0.0822. The molecule has 2 aromatic rings. The van der Waals surface area contributed by atoms with Crippen molar-refractivity contribution in [2.45, 2.75) is 39.2 Å². The zero-order chi connectivity index (χ0) is 19.7. The number of halogens is 1. The van der Waals surface area contributed by atoms with Crippen LogP contribution < -0.4 is 0 Å². The number of carbonyl (C=O) groups excluding carboxylic acids is 1. The van der Waals surface area contributed by atoms with Crippen LogP contribution in [-0.2, 0) is 4.79 Å². The van der Waals surface area contributed by atoms with E-state index in [-0.39, 0.29) is 11.9 Å². The lowest BCUT2D eigenvalue weighted by atomic mass is 9.94. The van der Waals surface area contributed by atoms with Crippen LogP contribution in [0.25, 0.3) is 0 Å². The molecule has 0 bridgehead atoms. The van der Waals surface area contributed by atoms with Crippen molar-refractivity contribution in [2.24, 2.45) is 5.10 Å². The lowest BCUT2D eigenvalue weighted by Crippen LogP contribution is -2.37. The summed E-state index contributed by atoms with van der Waals surface area (Å²) in [5.41, 5.74) is 5.34. The fraction of sp³-hybridized carbons (Fsp3) is 0.391. The van der Waals surface area contributed by atoms with E-state index in [9.17, 15) is 4.79 Å². The van der Waals surface area contributed by atoms with E-state index in [1.54, 1.807) is 5.01 Å². The van der Waals surface area contributed by atoms with Crippen molar-refractivity contribution >= 4 is 23.2 Å². The van der Waals surface area contributed by atoms with Crippen LogP contribution in [0.4, 0.5) is 0 Å². The monoisotopic (exact) mass is 395 g/mol. The van der Waals surface area contributed by atoms with Crippen LogP contribution in [0.5, 0.6) is 0 Å². The van der Waals surface area contributed by atoms with E-state index < -0.39 is 0 Å². The van der Waals surface area contributed by atoms with Crippen LogP contribution >= 0.6 is 11.6 Å². The molecule has 0 aliphatic carbocycles. The van der Waals surface area contributed by atoms with E-state index in [0.717, 1.165) is 24.4 Å². The van der Waals surface area contributed by atoms with Crippen LogP contribution in [0.3, 0.4) is 0 Å². The van der Waals surface area contributed by atoms with Crippen molar-refractivity contribution in [1.29, 1.82) is 0 Å². The van der Waals surface area contributed by atoms with Crippen molar-refractivity contribution in [2.75, 3.05) is 19.6 Å². The molecular weight excluding hydrogens is 370 g/mol. The van der Waals surface area contributed by atoms with Gasteiger partial charge < -0.3 is 0 Å². The quantitative estimate of drug-likeness (QED) is 0.750. The van der Waals surface area contributed by atoms with Crippen molar-refractivity contribution in [3.05, 3.63) is 69.7 Å². The first-order valence-corrected chi connectivity index (χ1v) is 10.3. The zero-order valence-electron chi connectivity index (χ0n) is 16.5. The van der Waals surface area contributed by atoms with E-state index >= 15 is 0 Å². The molecule has 146 valence electrons. The molecule has 0 radical (unpaired) electrons. The lowest BCUT2D eigenvalue weighted by molar-refractivity contribution is -0.134. The Morgan fingerprint density at radius 1 is 1.14 bits per heavy atom. The Balaban J connectivity index is 1.68. The van der Waals surface area contributed by atoms with E-state index in [0.29, 0.717) is 18.0 Å². The third kappa shape index (κ3) is 3.85. The maximum atomic E-state index is 13.2. The van der Waals surface area contributed by atoms with Crippen LogP contribution in [0.2, 0.25) is 5.02 Å². The number of aryl methyl sites for hydroxylation is 2. The Morgan fingerprint density at radius 2 is 1.89 bits per heavy atom. The summed E-state index contributed by atoms with van der Waals surface area (Å²) in [4.78, 5) is 15.4. The van der Waals surface area contributed by atoms with Gasteiger partial charge in [0.25, 0.3) is 5.91 Å². The number of likely N-dealkylation sites (tertiary alicyclic amines) is 1. The average molecular weight is 396 g/mol. The molecule has 1 saturated heterocycles. The van der Waals surface area contributed by atoms with Crippen molar-refractivity contribution in [3.8, 4) is 0 Å². The summed E-state index contributed by atoms with van der Waals surface area (Å²) in [5, 5.41) is 7.16. The molecule has 0 aromatic heterocycles. The Morgan fingerprint density at radius 3 is 2.64 bits per heavy atom. The van der Waals surface area contributed by atoms with Gasteiger partial charge in [-0.05, 0) is 57.0 Å². The van der Waals surface area contributed by atoms with E-state index in [4.69, 9.17) is 16.7 Å². The molecule has 2 heterocycles. The molecule has 2 aliphatic rings. The van der Waals surface area contributed by atoms with Gasteiger partial charge in [-0.1, -0.05) is 53.6 Å². The Kier molecular flexibility index (Phi) is 5.51. The summed E-state index contributed by atoms with van der Waals surface area (Å²) in [6.45, 7) is 6.61. The Bertz CT molecular complexity index is 918. The molecule has 2 aromatic carbocycles. The highest BCUT2D eigenvalue weighted by Gasteiger charge is 2.35. The van der Waals surface area contributed by atoms with Gasteiger partial charge in [-0.2, -0.15) is 5.10 Å². The number of hydrazone groups is 1. The first kappa shape index (κ1) is 19.2. The number of hydrogen-bond donors (Lipinski definition) is 0. The third-order valence-electron chi connectivity index (χ3n) is 5.70. The highest BCUT2D eigenvalue weighted by molar-refractivity contribution is 6.34. The molecule has 5 heteroatoms. The van der Waals surface area contributed by atoms with Gasteiger partial charge in [0.2, 0.25) is 0 Å². The van der Waals surface area contributed by atoms with E-state index in [1.165, 1.54) is 29.5 Å². The molecular formula is C23H26ClN3O. The molecule has 1 fully saturated rings. The highest BCUT2D eigenvalue weighted by Crippen LogP contribution is 2.36. The van der Waals surface area contributed by atoms with Crippen LogP contribution in [0.15, 0.2) is 47.6 Å². The maximum absolute atomic E-state index is 13.2. The van der Waals surface area contributed by atoms with Gasteiger partial charge in [0, 0.05) is 17.0 Å². The Labute approximate surface area is 171 Å². The molecule has 0 spiro atoms. The van der Waals surface area contributed by atoms with Gasteiger partial charge in [0.1, 0.15) is 0 Å². The second-order valence-electron chi connectivity index (χ2n) is 7.83. The van der Waals surface area contributed by atoms with Crippen molar-refractivity contribution in [3.63, 3.8) is 0 Å². The summed E-state index contributed by atoms with van der Waals surface area (Å²) in [6, 6.07) is 14.1. The molecule has 0 N–H and O–H groups in total. The average Bonchev–Trinajstić information content (AvgIpc) is 3.34. The van der Waals surface area contributed by atoms with E-state index in [1.807, 2.05) is 24.3 Å². The molecule has 1 atom stereocenters. The second-order valence-corrected chi connectivity index (χ2v) is 8.24. The minimum absolute atomic E-state index is 0.0647. The van der Waals surface area contributed by atoms with Gasteiger partial charge in [-0.3, -0.25) is 9.69 Å². The summed E-state index contributed by atoms with van der Waals surface area (Å²) >= 11 is 6.43. The number of carbonyl (C=O) groups is 1. The standard InChI is InChI=1S/C23H26ClN3O/c1-16-9-10-17(2)19(13-16)22-14-21(18-7-3-4-8-20(18)24)25-27(22)23(28)15-26-11-5-6-12-26/h3-4,7-10,13,22H,5-6,11-12,14-15H2,1-2H3. The fourth-order valence-electron chi connectivity index (χ4n) is 4.16. The summed E-state index contributed by atoms with van der Waals surface area (Å²) < 4.78 is 0. The number of benzene rings is 2. The second kappa shape index (κ2) is 8.06. The number of nitrogens with zero attached hydrogens (tertiary/aromatic N) is 3. The normalized spacial score (nSPS) is 19.9. The van der Waals surface area contributed by atoms with Gasteiger partial charge >= 0.3 is 0 Å². The number of hydrogen-bond acceptors (Lipinski definition) is 3. The first-order chi connectivity index (χ1) is 13.5. The summed E-state index contributed by atoms with van der Waals surface area (Å²) in [5.74, 6) is 0.0647. The van der Waals surface area contributed by atoms with Crippen LogP contribution in [0.1, 0.15) is 47.6 Å². The highest BCUT2D eigenvalue weighted by atomic mass is 35.5. The predicted molar refractivity (Wildman–Crippen MR) is 114 cm³/mol. The third-order valence-corrected chi connectivity index (χ3v) is 6.03. The predicted octanol–water partition coefficient (Wildman–Crippen LogP) is 4.73. The first-order valence-electron chi connectivity index (χ1n) is 9.97. The van der Waals surface area contributed by atoms with Crippen molar-refractivity contribution < 1.29 is 4.79 Å². The SMILES string of the molecule is Cc1ccc(C)c(C2CC(c3ccccc3Cl)=NN2C(=O)CN2CCCC2)c1. The Hall–Kier alpha value is -2.17. The largest absolute Gasteiger partial charge is 0.294 e. The zero-order valence-corrected chi connectivity index (χ0v) is 17.2. The maximum Gasteiger partial charge on any atom is 0.257 e. The van der Waals surface area contributed by atoms with Crippen molar-refractivity contribution in [1.82, 2.24) is 9.91 Å². The number of rotatable bonds is 4. The van der Waals surface area contributed by atoms with Gasteiger partial charge in [-0.25, -0.2) is 5.01 Å². The minimum Gasteiger partial charge on any atom is -0.294 e. The smallest absolute Gasteiger partial charge is 0.257 e. The molecule has 1 unspecified atom stereocenters. The molecule has 28 heavy (non-hydrogen) atoms. The molecule has 2 aliphatic heterocycles.